The number of aryl methyl sites for hydroxylation is 1. The molecule has 3 aromatic heterocycles. The van der Waals surface area contributed by atoms with E-state index in [9.17, 15) is 13.6 Å². The number of amides is 1. The van der Waals surface area contributed by atoms with Crippen LogP contribution in [-0.2, 0) is 31.2 Å². The number of halogens is 4. The second-order valence-corrected chi connectivity index (χ2v) is 10.6. The summed E-state index contributed by atoms with van der Waals surface area (Å²) in [6.07, 6.45) is 2.84. The molecular formula is C25H23ClF3N7O. The lowest BCUT2D eigenvalue weighted by Crippen LogP contribution is -2.39. The number of fused-ring (bicyclic) bond motifs is 7. The number of aromatic amines is 1. The third kappa shape index (κ3) is 3.62. The zero-order valence-corrected chi connectivity index (χ0v) is 20.5. The highest BCUT2D eigenvalue weighted by atomic mass is 35.5. The summed E-state index contributed by atoms with van der Waals surface area (Å²) < 4.78 is 41.6. The molecule has 1 fully saturated rings. The number of aromatic nitrogens is 4. The number of pyridine rings is 1. The molecule has 1 spiro atoms. The van der Waals surface area contributed by atoms with Gasteiger partial charge in [0.15, 0.2) is 11.6 Å². The van der Waals surface area contributed by atoms with E-state index in [4.69, 9.17) is 11.6 Å². The first-order valence-electron chi connectivity index (χ1n) is 12.4. The van der Waals surface area contributed by atoms with Crippen LogP contribution in [0, 0.1) is 5.82 Å². The van der Waals surface area contributed by atoms with E-state index in [2.05, 4.69) is 30.6 Å². The summed E-state index contributed by atoms with van der Waals surface area (Å²) in [6.45, 7) is 0.921. The van der Waals surface area contributed by atoms with Crippen LogP contribution in [0.4, 0.5) is 24.9 Å². The van der Waals surface area contributed by atoms with Crippen LogP contribution >= 0.6 is 11.6 Å². The van der Waals surface area contributed by atoms with E-state index in [0.717, 1.165) is 29.7 Å². The van der Waals surface area contributed by atoms with Crippen molar-refractivity contribution in [2.75, 3.05) is 25.0 Å². The Morgan fingerprint density at radius 2 is 2.00 bits per heavy atom. The lowest BCUT2D eigenvalue weighted by atomic mass is 9.86. The largest absolute Gasteiger partial charge is 0.357 e. The zero-order chi connectivity index (χ0) is 25.5. The number of carbonyl (C=O) groups excluding carboxylic acids is 1. The molecule has 192 valence electrons. The van der Waals surface area contributed by atoms with Crippen LogP contribution in [0.25, 0.3) is 11.3 Å². The molecule has 5 heterocycles. The molecule has 3 aromatic rings. The monoisotopic (exact) mass is 529 g/mol. The Hall–Kier alpha value is -3.18. The first-order chi connectivity index (χ1) is 17.8. The standard InChI is InChI=1S/C25H23ClF3N7O/c26-21-13-8-36(9-15(27)28)6-3-14(13)32-24(34-21)35-22-18(29)16-11(7-30-22)1-2-12-17-20(33-19(12)16)25(4-5-25)10-31-23(17)37/h7,15,33H,1-6,8-10H2,(H,31,37)(H,30,32,34,35). The van der Waals surface area contributed by atoms with E-state index in [-0.39, 0.29) is 41.3 Å². The molecule has 0 bridgehead atoms. The summed E-state index contributed by atoms with van der Waals surface area (Å²) in [4.78, 5) is 30.8. The molecule has 1 amide bonds. The molecule has 12 heteroatoms. The smallest absolute Gasteiger partial charge is 0.253 e. The number of carbonyl (C=O) groups is 1. The molecule has 0 aromatic carbocycles. The number of alkyl halides is 2. The van der Waals surface area contributed by atoms with E-state index in [1.54, 1.807) is 11.1 Å². The second-order valence-electron chi connectivity index (χ2n) is 10.3. The maximum atomic E-state index is 16.0. The van der Waals surface area contributed by atoms with Crippen LogP contribution < -0.4 is 10.6 Å². The average Bonchev–Trinajstić information content (AvgIpc) is 3.53. The van der Waals surface area contributed by atoms with Gasteiger partial charge in [0.25, 0.3) is 12.3 Å². The van der Waals surface area contributed by atoms with Gasteiger partial charge < -0.3 is 15.6 Å². The van der Waals surface area contributed by atoms with Crippen LogP contribution in [-0.4, -0.2) is 56.8 Å². The molecule has 0 saturated heterocycles. The van der Waals surface area contributed by atoms with Gasteiger partial charge in [0, 0.05) is 54.5 Å². The summed E-state index contributed by atoms with van der Waals surface area (Å²) >= 11 is 6.38. The van der Waals surface area contributed by atoms with Crippen molar-refractivity contribution < 1.29 is 18.0 Å². The fraction of sp³-hybridized carbons (Fsp3) is 0.440. The first kappa shape index (κ1) is 23.0. The predicted molar refractivity (Wildman–Crippen MR) is 130 cm³/mol. The predicted octanol–water partition coefficient (Wildman–Crippen LogP) is 3.90. The lowest BCUT2D eigenvalue weighted by molar-refractivity contribution is 0.0816. The normalized spacial score (nSPS) is 19.2. The third-order valence-corrected chi connectivity index (χ3v) is 8.32. The fourth-order valence-electron chi connectivity index (χ4n) is 5.93. The van der Waals surface area contributed by atoms with Gasteiger partial charge in [-0.15, -0.1) is 0 Å². The summed E-state index contributed by atoms with van der Waals surface area (Å²) in [5, 5.41) is 6.02. The van der Waals surface area contributed by atoms with Crippen molar-refractivity contribution in [2.45, 2.75) is 50.5 Å². The topological polar surface area (TPSA) is 98.8 Å². The molecule has 1 saturated carbocycles. The van der Waals surface area contributed by atoms with E-state index in [1.807, 2.05) is 0 Å². The van der Waals surface area contributed by atoms with Crippen molar-refractivity contribution >= 4 is 29.3 Å². The molecular weight excluding hydrogens is 507 g/mol. The van der Waals surface area contributed by atoms with Gasteiger partial charge in [-0.05, 0) is 36.8 Å². The van der Waals surface area contributed by atoms with Crippen molar-refractivity contribution in [3.63, 3.8) is 0 Å². The molecule has 4 aliphatic rings. The van der Waals surface area contributed by atoms with Gasteiger partial charge in [-0.3, -0.25) is 9.69 Å². The van der Waals surface area contributed by atoms with Gasteiger partial charge in [0.05, 0.1) is 23.5 Å². The van der Waals surface area contributed by atoms with E-state index in [0.29, 0.717) is 60.4 Å². The van der Waals surface area contributed by atoms with Gasteiger partial charge in [0.2, 0.25) is 5.95 Å². The van der Waals surface area contributed by atoms with Crippen molar-refractivity contribution in [2.24, 2.45) is 0 Å². The quantitative estimate of drug-likeness (QED) is 0.443. The van der Waals surface area contributed by atoms with E-state index < -0.39 is 12.2 Å². The molecule has 2 aliphatic heterocycles. The van der Waals surface area contributed by atoms with Gasteiger partial charge in [-0.25, -0.2) is 28.1 Å². The second kappa shape index (κ2) is 8.16. The molecule has 2 aliphatic carbocycles. The minimum absolute atomic E-state index is 0.0455. The van der Waals surface area contributed by atoms with Gasteiger partial charge in [-0.1, -0.05) is 11.6 Å². The van der Waals surface area contributed by atoms with Crippen molar-refractivity contribution in [1.82, 2.24) is 30.2 Å². The van der Waals surface area contributed by atoms with Gasteiger partial charge in [0.1, 0.15) is 5.15 Å². The minimum Gasteiger partial charge on any atom is -0.357 e. The van der Waals surface area contributed by atoms with Crippen LogP contribution in [0.1, 0.15) is 51.3 Å². The Balaban J connectivity index is 1.23. The Kier molecular flexibility index (Phi) is 5.07. The summed E-state index contributed by atoms with van der Waals surface area (Å²) in [7, 11) is 0. The lowest BCUT2D eigenvalue weighted by Gasteiger charge is -2.28. The highest BCUT2D eigenvalue weighted by molar-refractivity contribution is 6.30. The van der Waals surface area contributed by atoms with Crippen molar-refractivity contribution in [3.8, 4) is 11.3 Å². The minimum atomic E-state index is -2.44. The maximum Gasteiger partial charge on any atom is 0.253 e. The molecule has 8 nitrogen and oxygen atoms in total. The van der Waals surface area contributed by atoms with Crippen molar-refractivity contribution in [3.05, 3.63) is 50.8 Å². The molecule has 0 unspecified atom stereocenters. The Morgan fingerprint density at radius 1 is 1.16 bits per heavy atom. The molecule has 0 radical (unpaired) electrons. The summed E-state index contributed by atoms with van der Waals surface area (Å²) in [5.74, 6) is -0.611. The highest BCUT2D eigenvalue weighted by Crippen LogP contribution is 2.53. The number of hydrogen-bond acceptors (Lipinski definition) is 6. The fourth-order valence-corrected chi connectivity index (χ4v) is 6.18. The molecule has 0 atom stereocenters. The Morgan fingerprint density at radius 3 is 2.78 bits per heavy atom. The van der Waals surface area contributed by atoms with Crippen LogP contribution in [0.3, 0.4) is 0 Å². The number of nitrogens with one attached hydrogen (secondary N) is 3. The van der Waals surface area contributed by atoms with E-state index in [1.165, 1.54) is 0 Å². The summed E-state index contributed by atoms with van der Waals surface area (Å²) in [6, 6.07) is 0. The SMILES string of the molecule is O=C1NCC2(CC2)c2[nH]c3c(c21)CCc1cnc(Nc2nc(Cl)c4c(n2)CCN(CC(F)F)C4)c(F)c1-3. The first-order valence-corrected chi connectivity index (χ1v) is 12.7. The van der Waals surface area contributed by atoms with E-state index >= 15 is 4.39 Å². The average molecular weight is 530 g/mol. The van der Waals surface area contributed by atoms with Crippen LogP contribution in [0.5, 0.6) is 0 Å². The molecule has 37 heavy (non-hydrogen) atoms. The van der Waals surface area contributed by atoms with Gasteiger partial charge >= 0.3 is 0 Å². The van der Waals surface area contributed by atoms with Crippen LogP contribution in [0.2, 0.25) is 5.15 Å². The third-order valence-electron chi connectivity index (χ3n) is 8.01. The van der Waals surface area contributed by atoms with Gasteiger partial charge in [-0.2, -0.15) is 0 Å². The number of anilines is 2. The molecule has 3 N–H and O–H groups in total. The highest BCUT2D eigenvalue weighted by Gasteiger charge is 2.52. The number of rotatable bonds is 4. The zero-order valence-electron chi connectivity index (χ0n) is 19.7. The number of nitrogens with zero attached hydrogens (tertiary/aromatic N) is 4. The maximum absolute atomic E-state index is 16.0. The number of hydrogen-bond donors (Lipinski definition) is 3. The molecule has 7 rings (SSSR count). The Bertz CT molecular complexity index is 1470. The summed E-state index contributed by atoms with van der Waals surface area (Å²) in [5.41, 5.74) is 5.43. The van der Waals surface area contributed by atoms with Crippen molar-refractivity contribution in [1.29, 1.82) is 0 Å². The number of H-pyrrole nitrogens is 1. The Labute approximate surface area is 215 Å². The van der Waals surface area contributed by atoms with Crippen LogP contribution in [0.15, 0.2) is 6.20 Å².